The summed E-state index contributed by atoms with van der Waals surface area (Å²) in [6.45, 7) is 0.439. The quantitative estimate of drug-likeness (QED) is 0.583. The molecule has 0 spiro atoms. The van der Waals surface area contributed by atoms with E-state index >= 15 is 0 Å². The number of rotatable bonds is 4. The molecular formula is C22H23N5O2. The van der Waals surface area contributed by atoms with Gasteiger partial charge in [-0.15, -0.1) is 0 Å². The molecule has 2 amide bonds. The Morgan fingerprint density at radius 2 is 1.83 bits per heavy atom. The number of hydrogen-bond acceptors (Lipinski definition) is 3. The maximum Gasteiger partial charge on any atom is 0.328 e. The first kappa shape index (κ1) is 18.7. The Bertz CT molecular complexity index is 1200. The number of amides is 2. The lowest BCUT2D eigenvalue weighted by molar-refractivity contribution is 0.0945. The van der Waals surface area contributed by atoms with Crippen molar-refractivity contribution >= 4 is 33.9 Å². The average molecular weight is 389 g/mol. The van der Waals surface area contributed by atoms with Crippen LogP contribution in [0.1, 0.15) is 16.2 Å². The molecular weight excluding hydrogens is 366 g/mol. The van der Waals surface area contributed by atoms with Gasteiger partial charge in [-0.25, -0.2) is 4.79 Å². The van der Waals surface area contributed by atoms with Gasteiger partial charge >= 0.3 is 6.03 Å². The van der Waals surface area contributed by atoms with Gasteiger partial charge in [-0.3, -0.25) is 14.3 Å². The van der Waals surface area contributed by atoms with E-state index in [4.69, 9.17) is 0 Å². The molecule has 0 fully saturated rings. The van der Waals surface area contributed by atoms with Crippen molar-refractivity contribution in [3.8, 4) is 0 Å². The minimum absolute atomic E-state index is 0.258. The molecule has 0 aliphatic carbocycles. The molecule has 0 radical (unpaired) electrons. The summed E-state index contributed by atoms with van der Waals surface area (Å²) in [4.78, 5) is 31.7. The van der Waals surface area contributed by atoms with Gasteiger partial charge in [-0.2, -0.15) is 0 Å². The SMILES string of the molecule is CN(C)C(=O)n1c(C(=O)NCCc2ccccn2)cc2c1c1ccccc1n2C. The molecule has 1 N–H and O–H groups in total. The molecule has 7 nitrogen and oxygen atoms in total. The number of carbonyl (C=O) groups excluding carboxylic acids is 2. The van der Waals surface area contributed by atoms with E-state index in [0.29, 0.717) is 18.7 Å². The topological polar surface area (TPSA) is 72.2 Å². The Hall–Kier alpha value is -3.61. The van der Waals surface area contributed by atoms with Gasteiger partial charge < -0.3 is 14.8 Å². The third-order valence-corrected chi connectivity index (χ3v) is 5.06. The van der Waals surface area contributed by atoms with Crippen LogP contribution in [-0.4, -0.2) is 51.6 Å². The van der Waals surface area contributed by atoms with Crippen molar-refractivity contribution in [2.75, 3.05) is 20.6 Å². The van der Waals surface area contributed by atoms with Gasteiger partial charge in [0.1, 0.15) is 5.69 Å². The van der Waals surface area contributed by atoms with Crippen LogP contribution in [0.25, 0.3) is 21.9 Å². The van der Waals surface area contributed by atoms with Crippen LogP contribution >= 0.6 is 0 Å². The highest BCUT2D eigenvalue weighted by Crippen LogP contribution is 2.31. The molecule has 29 heavy (non-hydrogen) atoms. The number of pyridine rings is 1. The molecule has 0 bridgehead atoms. The van der Waals surface area contributed by atoms with Gasteiger partial charge in [0.25, 0.3) is 5.91 Å². The maximum absolute atomic E-state index is 13.0. The molecule has 3 aromatic heterocycles. The number of nitrogens with zero attached hydrogens (tertiary/aromatic N) is 4. The van der Waals surface area contributed by atoms with E-state index in [-0.39, 0.29) is 11.9 Å². The first-order chi connectivity index (χ1) is 14.0. The zero-order valence-electron chi connectivity index (χ0n) is 16.7. The second kappa shape index (κ2) is 7.43. The Labute approximate surface area is 168 Å². The summed E-state index contributed by atoms with van der Waals surface area (Å²) >= 11 is 0. The number of hydrogen-bond donors (Lipinski definition) is 1. The van der Waals surface area contributed by atoms with Crippen LogP contribution in [-0.2, 0) is 13.5 Å². The minimum Gasteiger partial charge on any atom is -0.350 e. The van der Waals surface area contributed by atoms with Gasteiger partial charge in [0.15, 0.2) is 0 Å². The van der Waals surface area contributed by atoms with Crippen molar-refractivity contribution < 1.29 is 9.59 Å². The van der Waals surface area contributed by atoms with Crippen LogP contribution in [0.4, 0.5) is 4.79 Å². The molecule has 4 rings (SSSR count). The van der Waals surface area contributed by atoms with Crippen molar-refractivity contribution in [1.82, 2.24) is 24.3 Å². The summed E-state index contributed by atoms with van der Waals surface area (Å²) in [5, 5.41) is 3.86. The Morgan fingerprint density at radius 3 is 2.55 bits per heavy atom. The molecule has 3 heterocycles. The third kappa shape index (κ3) is 3.24. The summed E-state index contributed by atoms with van der Waals surface area (Å²) in [7, 11) is 5.31. The van der Waals surface area contributed by atoms with E-state index in [2.05, 4.69) is 10.3 Å². The summed E-state index contributed by atoms with van der Waals surface area (Å²) in [5.41, 5.74) is 3.84. The van der Waals surface area contributed by atoms with Crippen molar-refractivity contribution in [3.63, 3.8) is 0 Å². The van der Waals surface area contributed by atoms with Crippen molar-refractivity contribution in [3.05, 3.63) is 66.1 Å². The van der Waals surface area contributed by atoms with Gasteiger partial charge in [0.05, 0.1) is 16.6 Å². The van der Waals surface area contributed by atoms with Gasteiger partial charge in [-0.1, -0.05) is 24.3 Å². The number of para-hydroxylation sites is 1. The molecule has 0 saturated carbocycles. The molecule has 0 atom stereocenters. The van der Waals surface area contributed by atoms with E-state index in [9.17, 15) is 9.59 Å². The first-order valence-corrected chi connectivity index (χ1v) is 9.47. The predicted molar refractivity (Wildman–Crippen MR) is 113 cm³/mol. The monoisotopic (exact) mass is 389 g/mol. The largest absolute Gasteiger partial charge is 0.350 e. The second-order valence-electron chi connectivity index (χ2n) is 7.18. The van der Waals surface area contributed by atoms with Gasteiger partial charge in [0.2, 0.25) is 0 Å². The van der Waals surface area contributed by atoms with Crippen LogP contribution in [0.15, 0.2) is 54.7 Å². The molecule has 0 saturated heterocycles. The predicted octanol–water partition coefficient (Wildman–Crippen LogP) is 3.03. The van der Waals surface area contributed by atoms with Gasteiger partial charge in [0, 0.05) is 51.4 Å². The second-order valence-corrected chi connectivity index (χ2v) is 7.18. The minimum atomic E-state index is -0.281. The number of carbonyl (C=O) groups is 2. The lowest BCUT2D eigenvalue weighted by Gasteiger charge is -2.15. The van der Waals surface area contributed by atoms with Crippen LogP contribution in [0.2, 0.25) is 0 Å². The van der Waals surface area contributed by atoms with Crippen molar-refractivity contribution in [2.24, 2.45) is 7.05 Å². The zero-order chi connectivity index (χ0) is 20.5. The third-order valence-electron chi connectivity index (χ3n) is 5.06. The number of nitrogens with one attached hydrogen (secondary N) is 1. The fraction of sp³-hybridized carbons (Fsp3) is 0.227. The van der Waals surface area contributed by atoms with E-state index in [0.717, 1.165) is 27.6 Å². The normalized spacial score (nSPS) is 11.1. The number of fused-ring (bicyclic) bond motifs is 3. The van der Waals surface area contributed by atoms with Crippen LogP contribution in [0.3, 0.4) is 0 Å². The molecule has 0 aliphatic rings. The number of benzene rings is 1. The number of aromatic nitrogens is 3. The van der Waals surface area contributed by atoms with E-state index in [1.165, 1.54) is 9.47 Å². The van der Waals surface area contributed by atoms with Crippen molar-refractivity contribution in [1.29, 1.82) is 0 Å². The van der Waals surface area contributed by atoms with E-state index in [1.54, 1.807) is 26.4 Å². The lowest BCUT2D eigenvalue weighted by Crippen LogP contribution is -2.33. The summed E-state index contributed by atoms with van der Waals surface area (Å²) in [5.74, 6) is -0.281. The van der Waals surface area contributed by atoms with Gasteiger partial charge in [-0.05, 0) is 24.3 Å². The van der Waals surface area contributed by atoms with Crippen LogP contribution in [0.5, 0.6) is 0 Å². The fourth-order valence-electron chi connectivity index (χ4n) is 3.61. The molecule has 1 aromatic carbocycles. The summed E-state index contributed by atoms with van der Waals surface area (Å²) in [6, 6.07) is 15.1. The maximum atomic E-state index is 13.0. The molecule has 0 unspecified atom stereocenters. The highest BCUT2D eigenvalue weighted by Gasteiger charge is 2.25. The van der Waals surface area contributed by atoms with Crippen LogP contribution < -0.4 is 5.32 Å². The lowest BCUT2D eigenvalue weighted by atomic mass is 10.2. The molecule has 0 aliphatic heterocycles. The Balaban J connectivity index is 1.73. The highest BCUT2D eigenvalue weighted by atomic mass is 16.2. The molecule has 4 aromatic rings. The van der Waals surface area contributed by atoms with E-state index < -0.39 is 0 Å². The first-order valence-electron chi connectivity index (χ1n) is 9.47. The fourth-order valence-corrected chi connectivity index (χ4v) is 3.61. The summed E-state index contributed by atoms with van der Waals surface area (Å²) < 4.78 is 3.52. The van der Waals surface area contributed by atoms with E-state index in [1.807, 2.05) is 54.1 Å². The van der Waals surface area contributed by atoms with Crippen LogP contribution in [0, 0.1) is 0 Å². The van der Waals surface area contributed by atoms with Crippen molar-refractivity contribution in [2.45, 2.75) is 6.42 Å². The Kier molecular flexibility index (Phi) is 4.80. The molecule has 7 heteroatoms. The smallest absolute Gasteiger partial charge is 0.328 e. The zero-order valence-corrected chi connectivity index (χ0v) is 16.7. The average Bonchev–Trinajstić information content (AvgIpc) is 3.25. The number of aryl methyl sites for hydroxylation is 1. The standard InChI is InChI=1S/C22H23N5O2/c1-25(2)22(29)27-19(21(28)24-13-11-15-8-6-7-12-23-15)14-18-20(27)16-9-4-5-10-17(16)26(18)3/h4-10,12,14H,11,13H2,1-3H3,(H,24,28). The molecule has 148 valence electrons. The highest BCUT2D eigenvalue weighted by molar-refractivity contribution is 6.14. The Morgan fingerprint density at radius 1 is 1.07 bits per heavy atom. The summed E-state index contributed by atoms with van der Waals surface area (Å²) in [6.07, 6.45) is 2.35.